The molecule has 0 bridgehead atoms. The third-order valence-corrected chi connectivity index (χ3v) is 7.90. The first-order valence-corrected chi connectivity index (χ1v) is 11.1. The van der Waals surface area contributed by atoms with Gasteiger partial charge in [-0.25, -0.2) is 0 Å². The zero-order valence-corrected chi connectivity index (χ0v) is 19.4. The Kier molecular flexibility index (Phi) is 6.79. The second-order valence-electron chi connectivity index (χ2n) is 8.90. The molecular formula is C24H32F3OP. The van der Waals surface area contributed by atoms with Gasteiger partial charge in [0.15, 0.2) is 0 Å². The summed E-state index contributed by atoms with van der Waals surface area (Å²) >= 11 is 0. The highest BCUT2D eigenvalue weighted by Crippen LogP contribution is 2.52. The van der Waals surface area contributed by atoms with E-state index in [1.807, 2.05) is 32.9 Å². The van der Waals surface area contributed by atoms with Gasteiger partial charge in [-0.15, -0.1) is 0 Å². The number of hydrogen-bond donors (Lipinski definition) is 1. The molecule has 5 heteroatoms. The van der Waals surface area contributed by atoms with E-state index in [0.717, 1.165) is 16.7 Å². The van der Waals surface area contributed by atoms with Crippen LogP contribution < -0.4 is 5.30 Å². The molecule has 0 spiro atoms. The Balaban J connectivity index is 2.71. The molecule has 2 aromatic carbocycles. The number of hydrogen-bond acceptors (Lipinski definition) is 1. The highest BCUT2D eigenvalue weighted by molar-refractivity contribution is 7.48. The van der Waals surface area contributed by atoms with Gasteiger partial charge in [-0.2, -0.15) is 13.2 Å². The molecule has 0 aliphatic carbocycles. The zero-order chi connectivity index (χ0) is 22.2. The van der Waals surface area contributed by atoms with Crippen molar-refractivity contribution in [3.63, 3.8) is 0 Å². The average molecular weight is 424 g/mol. The Morgan fingerprint density at radius 3 is 1.97 bits per heavy atom. The lowest BCUT2D eigenvalue weighted by atomic mass is 9.81. The van der Waals surface area contributed by atoms with E-state index < -0.39 is 16.9 Å². The molecule has 0 fully saturated rings. The van der Waals surface area contributed by atoms with Gasteiger partial charge < -0.3 is 5.11 Å². The fourth-order valence-electron chi connectivity index (χ4n) is 3.71. The van der Waals surface area contributed by atoms with Crippen LogP contribution in [0.25, 0.3) is 0 Å². The Hall–Kier alpha value is -1.54. The van der Waals surface area contributed by atoms with Gasteiger partial charge in [0.2, 0.25) is 0 Å². The lowest BCUT2D eigenvalue weighted by Crippen LogP contribution is -2.26. The molecule has 0 amide bonds. The second-order valence-corrected chi connectivity index (χ2v) is 10.6. The molecule has 2 rings (SSSR count). The van der Waals surface area contributed by atoms with Crippen LogP contribution in [0.15, 0.2) is 30.3 Å². The van der Waals surface area contributed by atoms with Gasteiger partial charge in [0, 0.05) is 10.7 Å². The minimum atomic E-state index is -4.40. The van der Waals surface area contributed by atoms with Crippen LogP contribution in [0.4, 0.5) is 13.2 Å². The SMILES string of the molecule is CCC(CC)(Pc1ccc(C)cc1C(F)(F)F)c1cc(C(C)(C)C)cc(C)c1O. The second kappa shape index (κ2) is 8.30. The fourth-order valence-corrected chi connectivity index (χ4v) is 5.42. The van der Waals surface area contributed by atoms with Gasteiger partial charge in [0.25, 0.3) is 0 Å². The van der Waals surface area contributed by atoms with Crippen LogP contribution in [0.5, 0.6) is 5.75 Å². The van der Waals surface area contributed by atoms with Crippen molar-refractivity contribution in [3.05, 3.63) is 58.1 Å². The van der Waals surface area contributed by atoms with Crippen LogP contribution in [0.2, 0.25) is 0 Å². The van der Waals surface area contributed by atoms with Gasteiger partial charge in [-0.1, -0.05) is 73.0 Å². The number of phenolic OH excluding ortho intramolecular Hbond substituents is 1. The molecule has 160 valence electrons. The summed E-state index contributed by atoms with van der Waals surface area (Å²) in [6, 6.07) is 8.56. The van der Waals surface area contributed by atoms with Gasteiger partial charge >= 0.3 is 6.18 Å². The van der Waals surface area contributed by atoms with Gasteiger partial charge in [-0.05, 0) is 54.6 Å². The minimum Gasteiger partial charge on any atom is -0.507 e. The van der Waals surface area contributed by atoms with Crippen molar-refractivity contribution in [1.29, 1.82) is 0 Å². The highest BCUT2D eigenvalue weighted by atomic mass is 31.1. The van der Waals surface area contributed by atoms with Crippen LogP contribution in [0.3, 0.4) is 0 Å². The maximum atomic E-state index is 13.7. The van der Waals surface area contributed by atoms with Crippen molar-refractivity contribution in [2.24, 2.45) is 0 Å². The molecule has 1 atom stereocenters. The van der Waals surface area contributed by atoms with Gasteiger partial charge in [0.1, 0.15) is 5.75 Å². The van der Waals surface area contributed by atoms with Crippen LogP contribution in [0.1, 0.15) is 75.3 Å². The van der Waals surface area contributed by atoms with Crippen LogP contribution >= 0.6 is 8.58 Å². The number of halogens is 3. The first kappa shape index (κ1) is 23.7. The predicted molar refractivity (Wildman–Crippen MR) is 118 cm³/mol. The largest absolute Gasteiger partial charge is 0.507 e. The number of aromatic hydroxyl groups is 1. The van der Waals surface area contributed by atoms with Crippen molar-refractivity contribution in [2.75, 3.05) is 0 Å². The number of alkyl halides is 3. The molecule has 0 aromatic heterocycles. The standard InChI is InChI=1S/C24H32F3OP/c1-8-23(9-2,19-14-17(22(5,6)7)13-16(4)21(19)28)29-20-11-10-15(3)12-18(20)24(25,26)27/h10-14,28-29H,8-9H2,1-7H3. The van der Waals surface area contributed by atoms with Crippen molar-refractivity contribution in [2.45, 2.75) is 78.1 Å². The number of benzene rings is 2. The number of rotatable bonds is 5. The Labute approximate surface area is 174 Å². The highest BCUT2D eigenvalue weighted by Gasteiger charge is 2.38. The smallest absolute Gasteiger partial charge is 0.417 e. The normalized spacial score (nSPS) is 13.4. The third kappa shape index (κ3) is 4.97. The average Bonchev–Trinajstić information content (AvgIpc) is 2.61. The number of aryl methyl sites for hydroxylation is 2. The first-order chi connectivity index (χ1) is 13.2. The van der Waals surface area contributed by atoms with Gasteiger partial charge in [0.05, 0.1) is 5.56 Å². The fraction of sp³-hybridized carbons (Fsp3) is 0.500. The van der Waals surface area contributed by atoms with Crippen molar-refractivity contribution >= 4 is 13.9 Å². The summed E-state index contributed by atoms with van der Waals surface area (Å²) in [5.41, 5.74) is 2.52. The molecule has 1 N–H and O–H groups in total. The molecule has 2 aromatic rings. The summed E-state index contributed by atoms with van der Waals surface area (Å²) in [6.07, 6.45) is -3.10. The molecule has 1 unspecified atom stereocenters. The summed E-state index contributed by atoms with van der Waals surface area (Å²) in [5, 5.41) is 10.7. The third-order valence-electron chi connectivity index (χ3n) is 5.74. The van der Waals surface area contributed by atoms with E-state index in [1.54, 1.807) is 19.1 Å². The molecule has 1 nitrogen and oxygen atoms in total. The quantitative estimate of drug-likeness (QED) is 0.498. The lowest BCUT2D eigenvalue weighted by molar-refractivity contribution is -0.136. The summed E-state index contributed by atoms with van der Waals surface area (Å²) < 4.78 is 41.2. The molecule has 0 saturated heterocycles. The van der Waals surface area contributed by atoms with Crippen LogP contribution in [-0.4, -0.2) is 5.11 Å². The molecule has 0 aliphatic heterocycles. The minimum absolute atomic E-state index is 0.0954. The molecular weight excluding hydrogens is 392 g/mol. The predicted octanol–water partition coefficient (Wildman–Crippen LogP) is 7.34. The maximum absolute atomic E-state index is 13.7. The van der Waals surface area contributed by atoms with Crippen molar-refractivity contribution in [3.8, 4) is 5.75 Å². The van der Waals surface area contributed by atoms with E-state index in [-0.39, 0.29) is 19.7 Å². The van der Waals surface area contributed by atoms with E-state index >= 15 is 0 Å². The van der Waals surface area contributed by atoms with E-state index in [9.17, 15) is 18.3 Å². The Bertz CT molecular complexity index is 875. The molecule has 29 heavy (non-hydrogen) atoms. The summed E-state index contributed by atoms with van der Waals surface area (Å²) in [4.78, 5) is 0. The van der Waals surface area contributed by atoms with E-state index in [0.29, 0.717) is 23.7 Å². The van der Waals surface area contributed by atoms with Crippen molar-refractivity contribution in [1.82, 2.24) is 0 Å². The zero-order valence-electron chi connectivity index (χ0n) is 18.4. The van der Waals surface area contributed by atoms with Gasteiger partial charge in [-0.3, -0.25) is 0 Å². The summed E-state index contributed by atoms with van der Waals surface area (Å²) in [6.45, 7) is 13.8. The Morgan fingerprint density at radius 2 is 1.48 bits per heavy atom. The molecule has 0 radical (unpaired) electrons. The molecule has 0 aliphatic rings. The van der Waals surface area contributed by atoms with Crippen molar-refractivity contribution < 1.29 is 18.3 Å². The van der Waals surface area contributed by atoms with Crippen LogP contribution in [-0.2, 0) is 16.7 Å². The lowest BCUT2D eigenvalue weighted by Gasteiger charge is -2.36. The van der Waals surface area contributed by atoms with E-state index in [4.69, 9.17) is 0 Å². The topological polar surface area (TPSA) is 20.2 Å². The summed E-state index contributed by atoms with van der Waals surface area (Å²) in [7, 11) is -0.0954. The molecule has 0 heterocycles. The Morgan fingerprint density at radius 1 is 0.897 bits per heavy atom. The molecule has 0 saturated carbocycles. The van der Waals surface area contributed by atoms with Crippen LogP contribution in [0, 0.1) is 13.8 Å². The maximum Gasteiger partial charge on any atom is 0.417 e. The summed E-state index contributed by atoms with van der Waals surface area (Å²) in [5.74, 6) is 0.204. The first-order valence-electron chi connectivity index (χ1n) is 10.1. The monoisotopic (exact) mass is 424 g/mol. The number of phenols is 1. The van der Waals surface area contributed by atoms with E-state index in [2.05, 4.69) is 20.8 Å². The van der Waals surface area contributed by atoms with E-state index in [1.165, 1.54) is 6.07 Å².